The van der Waals surface area contributed by atoms with Gasteiger partial charge >= 0.3 is 0 Å². The van der Waals surface area contributed by atoms with Crippen LogP contribution in [0.25, 0.3) is 0 Å². The lowest BCUT2D eigenvalue weighted by atomic mass is 9.98. The minimum atomic E-state index is 0. The number of hydrogen-bond donors (Lipinski definition) is 2. The maximum absolute atomic E-state index is 8.91. The highest BCUT2D eigenvalue weighted by Crippen LogP contribution is 2.16. The molecule has 1 aliphatic rings. The first kappa shape index (κ1) is 19.3. The van der Waals surface area contributed by atoms with Gasteiger partial charge in [-0.15, -0.1) is 0 Å². The van der Waals surface area contributed by atoms with Gasteiger partial charge in [-0.1, -0.05) is 50.8 Å². The normalized spacial score (nSPS) is 14.2. The molecule has 0 aromatic heterocycles. The Balaban J connectivity index is 0. The van der Waals surface area contributed by atoms with Crippen LogP contribution in [-0.4, -0.2) is 21.8 Å². The predicted molar refractivity (Wildman–Crippen MR) is 76.9 cm³/mol. The van der Waals surface area contributed by atoms with E-state index in [2.05, 4.69) is 0 Å². The summed E-state index contributed by atoms with van der Waals surface area (Å²) in [5, 5.41) is 17.7. The fraction of sp³-hybridized carbons (Fsp3) is 0.600. The van der Waals surface area contributed by atoms with Crippen LogP contribution in [0.4, 0.5) is 0 Å². The molecule has 0 saturated heterocycles. The summed E-state index contributed by atoms with van der Waals surface area (Å²) < 4.78 is 0. The minimum absolute atomic E-state index is 0. The average molecular weight is 256 g/mol. The van der Waals surface area contributed by atoms with Crippen LogP contribution in [0, 0.1) is 6.92 Å². The maximum atomic E-state index is 8.91. The van der Waals surface area contributed by atoms with E-state index < -0.39 is 0 Å². The zero-order valence-electron chi connectivity index (χ0n) is 11.8. The van der Waals surface area contributed by atoms with Crippen molar-refractivity contribution in [2.24, 2.45) is 0 Å². The van der Waals surface area contributed by atoms with Crippen molar-refractivity contribution >= 4 is 0 Å². The number of aliphatic hydroxyl groups excluding tert-OH is 1. The van der Waals surface area contributed by atoms with Gasteiger partial charge in [0.05, 0.1) is 6.10 Å². The van der Waals surface area contributed by atoms with Crippen LogP contribution in [0.2, 0.25) is 0 Å². The molecule has 0 amide bonds. The lowest BCUT2D eigenvalue weighted by Gasteiger charge is -2.14. The number of aryl methyl sites for hydroxylation is 1. The summed E-state index contributed by atoms with van der Waals surface area (Å²) in [5.41, 5.74) is 1.17. The van der Waals surface area contributed by atoms with E-state index in [9.17, 15) is 0 Å². The van der Waals surface area contributed by atoms with Gasteiger partial charge < -0.3 is 15.7 Å². The molecule has 1 aliphatic carbocycles. The van der Waals surface area contributed by atoms with Crippen molar-refractivity contribution in [3.8, 4) is 5.75 Å². The van der Waals surface area contributed by atoms with Crippen molar-refractivity contribution in [3.05, 3.63) is 29.8 Å². The largest absolute Gasteiger partial charge is 0.508 e. The van der Waals surface area contributed by atoms with Gasteiger partial charge in [0.1, 0.15) is 5.75 Å². The molecular weight excluding hydrogens is 228 g/mol. The molecule has 1 saturated carbocycles. The van der Waals surface area contributed by atoms with E-state index in [1.54, 1.807) is 12.1 Å². The Bertz CT molecular complexity index is 243. The van der Waals surface area contributed by atoms with Crippen LogP contribution in [0.1, 0.15) is 51.5 Å². The second kappa shape index (κ2) is 12.4. The fourth-order valence-corrected chi connectivity index (χ4v) is 1.63. The lowest BCUT2D eigenvalue weighted by Crippen LogP contribution is -2.09. The van der Waals surface area contributed by atoms with Gasteiger partial charge in [0.2, 0.25) is 0 Å². The summed E-state index contributed by atoms with van der Waals surface area (Å²) in [6, 6.07) is 7.09. The van der Waals surface area contributed by atoms with E-state index >= 15 is 0 Å². The highest BCUT2D eigenvalue weighted by Gasteiger charge is 2.07. The summed E-state index contributed by atoms with van der Waals surface area (Å²) in [7, 11) is 0. The van der Waals surface area contributed by atoms with Gasteiger partial charge in [0.25, 0.3) is 0 Å². The topological polar surface area (TPSA) is 72.0 Å². The molecule has 0 radical (unpaired) electrons. The molecule has 0 aliphatic heterocycles. The van der Waals surface area contributed by atoms with E-state index in [-0.39, 0.29) is 11.6 Å². The van der Waals surface area contributed by atoms with Crippen LogP contribution >= 0.6 is 0 Å². The molecule has 3 heteroatoms. The molecule has 4 N–H and O–H groups in total. The van der Waals surface area contributed by atoms with E-state index in [4.69, 9.17) is 10.2 Å². The van der Waals surface area contributed by atoms with Crippen LogP contribution in [-0.2, 0) is 0 Å². The molecule has 106 valence electrons. The zero-order valence-corrected chi connectivity index (χ0v) is 11.8. The number of hydrogen-bond acceptors (Lipinski definition) is 2. The van der Waals surface area contributed by atoms with Gasteiger partial charge in [0, 0.05) is 0 Å². The Morgan fingerprint density at radius 2 is 1.39 bits per heavy atom. The third kappa shape index (κ3) is 10.1. The lowest BCUT2D eigenvalue weighted by molar-refractivity contribution is 0.130. The fourth-order valence-electron chi connectivity index (χ4n) is 1.63. The minimum Gasteiger partial charge on any atom is -0.508 e. The van der Waals surface area contributed by atoms with E-state index in [0.29, 0.717) is 5.75 Å². The number of aliphatic hydroxyl groups is 1. The van der Waals surface area contributed by atoms with Crippen molar-refractivity contribution in [3.63, 3.8) is 0 Å². The zero-order chi connectivity index (χ0) is 13.1. The molecule has 3 nitrogen and oxygen atoms in total. The molecular formula is C15H28O3. The molecule has 1 aromatic carbocycles. The summed E-state index contributed by atoms with van der Waals surface area (Å²) in [6.45, 7) is 5.99. The molecule has 0 spiro atoms. The van der Waals surface area contributed by atoms with Crippen molar-refractivity contribution in [2.75, 3.05) is 0 Å². The van der Waals surface area contributed by atoms with E-state index in [1.807, 2.05) is 32.9 Å². The molecule has 2 rings (SSSR count). The Labute approximate surface area is 111 Å². The molecule has 0 unspecified atom stereocenters. The summed E-state index contributed by atoms with van der Waals surface area (Å²) >= 11 is 0. The standard InChI is InChI=1S/C7H8O.C6H12O.C2H6.H2O/c1-6-2-4-7(8)5-3-6;7-6-4-2-1-3-5-6;1-2;/h2-5,8H,1H3;6-7H,1-5H2;1-2H3;1H2. The van der Waals surface area contributed by atoms with Gasteiger partial charge in [-0.05, 0) is 31.9 Å². The highest BCUT2D eigenvalue weighted by atomic mass is 16.3. The van der Waals surface area contributed by atoms with Gasteiger partial charge in [-0.25, -0.2) is 0 Å². The monoisotopic (exact) mass is 256 g/mol. The van der Waals surface area contributed by atoms with Crippen LogP contribution in [0.15, 0.2) is 24.3 Å². The number of aromatic hydroxyl groups is 1. The first-order valence-corrected chi connectivity index (χ1v) is 6.62. The molecule has 1 aromatic rings. The number of rotatable bonds is 0. The van der Waals surface area contributed by atoms with Crippen LogP contribution < -0.4 is 0 Å². The van der Waals surface area contributed by atoms with Crippen LogP contribution in [0.5, 0.6) is 5.75 Å². The third-order valence-corrected chi connectivity index (χ3v) is 2.61. The van der Waals surface area contributed by atoms with Crippen molar-refractivity contribution in [2.45, 2.75) is 59.0 Å². The average Bonchev–Trinajstić information content (AvgIpc) is 2.37. The van der Waals surface area contributed by atoms with E-state index in [1.165, 1.54) is 24.8 Å². The Morgan fingerprint density at radius 3 is 1.67 bits per heavy atom. The van der Waals surface area contributed by atoms with E-state index in [0.717, 1.165) is 12.8 Å². The Kier molecular flexibility index (Phi) is 13.3. The highest BCUT2D eigenvalue weighted by molar-refractivity contribution is 5.24. The van der Waals surface area contributed by atoms with Crippen molar-refractivity contribution in [1.82, 2.24) is 0 Å². The first-order chi connectivity index (χ1) is 8.18. The van der Waals surface area contributed by atoms with Crippen molar-refractivity contribution < 1.29 is 15.7 Å². The second-order valence-corrected chi connectivity index (χ2v) is 4.13. The molecule has 0 atom stereocenters. The van der Waals surface area contributed by atoms with Crippen molar-refractivity contribution in [1.29, 1.82) is 0 Å². The summed E-state index contributed by atoms with van der Waals surface area (Å²) in [4.78, 5) is 0. The number of phenolic OH excluding ortho intramolecular Hbond substituents is 1. The third-order valence-electron chi connectivity index (χ3n) is 2.61. The molecule has 0 heterocycles. The number of benzene rings is 1. The van der Waals surface area contributed by atoms with Gasteiger partial charge in [0.15, 0.2) is 0 Å². The smallest absolute Gasteiger partial charge is 0.115 e. The first-order valence-electron chi connectivity index (χ1n) is 6.62. The van der Waals surface area contributed by atoms with Crippen LogP contribution in [0.3, 0.4) is 0 Å². The Hall–Kier alpha value is -1.06. The predicted octanol–water partition coefficient (Wildman–Crippen LogP) is 3.21. The molecule has 0 bridgehead atoms. The Morgan fingerprint density at radius 1 is 0.944 bits per heavy atom. The summed E-state index contributed by atoms with van der Waals surface area (Å²) in [5.74, 6) is 0.329. The summed E-state index contributed by atoms with van der Waals surface area (Å²) in [6.07, 6.45) is 5.92. The number of phenols is 1. The van der Waals surface area contributed by atoms with Gasteiger partial charge in [-0.2, -0.15) is 0 Å². The second-order valence-electron chi connectivity index (χ2n) is 4.13. The molecule has 18 heavy (non-hydrogen) atoms. The SMILES string of the molecule is CC.Cc1ccc(O)cc1.O.OC1CCCCC1. The quantitative estimate of drug-likeness (QED) is 0.748. The molecule has 1 fully saturated rings. The van der Waals surface area contributed by atoms with Gasteiger partial charge in [-0.3, -0.25) is 0 Å². The maximum Gasteiger partial charge on any atom is 0.115 e.